The number of hydrogen-bond donors (Lipinski definition) is 2. The number of hydrazine groups is 1. The first-order chi connectivity index (χ1) is 8.76. The SMILES string of the molecule is Cc1cccc(-c2nc(NN)cc(C3CC3)n2)n1. The first kappa shape index (κ1) is 11.1. The van der Waals surface area contributed by atoms with Gasteiger partial charge in [-0.2, -0.15) is 0 Å². The monoisotopic (exact) mass is 241 g/mol. The third-order valence-electron chi connectivity index (χ3n) is 3.01. The Bertz CT molecular complexity index is 577. The van der Waals surface area contributed by atoms with E-state index in [1.165, 1.54) is 12.8 Å². The maximum atomic E-state index is 5.46. The van der Waals surface area contributed by atoms with Crippen molar-refractivity contribution in [2.75, 3.05) is 5.43 Å². The summed E-state index contributed by atoms with van der Waals surface area (Å²) >= 11 is 0. The minimum absolute atomic E-state index is 0.559. The van der Waals surface area contributed by atoms with E-state index < -0.39 is 0 Å². The molecular formula is C13H15N5. The highest BCUT2D eigenvalue weighted by Crippen LogP contribution is 2.39. The Morgan fingerprint density at radius 2 is 2.06 bits per heavy atom. The van der Waals surface area contributed by atoms with Gasteiger partial charge < -0.3 is 5.43 Å². The molecule has 3 N–H and O–H groups in total. The van der Waals surface area contributed by atoms with Crippen LogP contribution in [-0.2, 0) is 0 Å². The second-order valence-corrected chi connectivity index (χ2v) is 4.58. The molecule has 0 spiro atoms. The van der Waals surface area contributed by atoms with Gasteiger partial charge in [-0.3, -0.25) is 0 Å². The van der Waals surface area contributed by atoms with Crippen LogP contribution in [0.5, 0.6) is 0 Å². The van der Waals surface area contributed by atoms with Crippen molar-refractivity contribution in [3.05, 3.63) is 35.7 Å². The van der Waals surface area contributed by atoms with Crippen molar-refractivity contribution >= 4 is 5.82 Å². The number of anilines is 1. The van der Waals surface area contributed by atoms with Crippen molar-refractivity contribution in [1.82, 2.24) is 15.0 Å². The van der Waals surface area contributed by atoms with Crippen LogP contribution in [0.2, 0.25) is 0 Å². The highest BCUT2D eigenvalue weighted by molar-refractivity contribution is 5.53. The van der Waals surface area contributed by atoms with Gasteiger partial charge in [0.25, 0.3) is 0 Å². The summed E-state index contributed by atoms with van der Waals surface area (Å²) in [5.74, 6) is 7.29. The zero-order valence-corrected chi connectivity index (χ0v) is 10.2. The molecule has 2 heterocycles. The molecule has 0 amide bonds. The van der Waals surface area contributed by atoms with Crippen molar-refractivity contribution < 1.29 is 0 Å². The quantitative estimate of drug-likeness (QED) is 0.635. The number of pyridine rings is 1. The zero-order valence-electron chi connectivity index (χ0n) is 10.2. The van der Waals surface area contributed by atoms with Crippen LogP contribution in [0, 0.1) is 6.92 Å². The van der Waals surface area contributed by atoms with Gasteiger partial charge in [-0.05, 0) is 31.9 Å². The van der Waals surface area contributed by atoms with E-state index in [1.54, 1.807) is 0 Å². The molecule has 0 aliphatic heterocycles. The molecule has 0 saturated heterocycles. The average molecular weight is 241 g/mol. The molecule has 0 unspecified atom stereocenters. The van der Waals surface area contributed by atoms with Crippen molar-refractivity contribution in [3.63, 3.8) is 0 Å². The summed E-state index contributed by atoms with van der Waals surface area (Å²) in [5, 5.41) is 0. The van der Waals surface area contributed by atoms with Crippen molar-refractivity contribution in [3.8, 4) is 11.5 Å². The van der Waals surface area contributed by atoms with Crippen LogP contribution in [0.4, 0.5) is 5.82 Å². The summed E-state index contributed by atoms with van der Waals surface area (Å²) in [6, 6.07) is 7.74. The van der Waals surface area contributed by atoms with Crippen LogP contribution < -0.4 is 11.3 Å². The van der Waals surface area contributed by atoms with Crippen LogP contribution >= 0.6 is 0 Å². The van der Waals surface area contributed by atoms with E-state index in [-0.39, 0.29) is 0 Å². The number of aromatic nitrogens is 3. The molecule has 18 heavy (non-hydrogen) atoms. The average Bonchev–Trinajstić information content (AvgIpc) is 3.22. The highest BCUT2D eigenvalue weighted by Gasteiger charge is 2.26. The predicted molar refractivity (Wildman–Crippen MR) is 69.8 cm³/mol. The number of hydrogen-bond acceptors (Lipinski definition) is 5. The predicted octanol–water partition coefficient (Wildman–Crippen LogP) is 2.01. The maximum absolute atomic E-state index is 5.46. The van der Waals surface area contributed by atoms with E-state index >= 15 is 0 Å². The number of aryl methyl sites for hydroxylation is 1. The molecule has 2 aromatic heterocycles. The second-order valence-electron chi connectivity index (χ2n) is 4.58. The lowest BCUT2D eigenvalue weighted by Gasteiger charge is -2.07. The van der Waals surface area contributed by atoms with Gasteiger partial charge in [0.15, 0.2) is 5.82 Å². The Morgan fingerprint density at radius 1 is 1.22 bits per heavy atom. The Morgan fingerprint density at radius 3 is 2.72 bits per heavy atom. The van der Waals surface area contributed by atoms with Gasteiger partial charge in [0.1, 0.15) is 11.5 Å². The summed E-state index contributed by atoms with van der Waals surface area (Å²) < 4.78 is 0. The van der Waals surface area contributed by atoms with E-state index in [2.05, 4.69) is 20.4 Å². The topological polar surface area (TPSA) is 76.7 Å². The Balaban J connectivity index is 2.07. The fourth-order valence-electron chi connectivity index (χ4n) is 1.91. The Labute approximate surface area is 105 Å². The lowest BCUT2D eigenvalue weighted by atomic mass is 10.2. The van der Waals surface area contributed by atoms with E-state index in [4.69, 9.17) is 5.84 Å². The smallest absolute Gasteiger partial charge is 0.180 e. The molecule has 92 valence electrons. The van der Waals surface area contributed by atoms with Gasteiger partial charge in [-0.25, -0.2) is 20.8 Å². The first-order valence-corrected chi connectivity index (χ1v) is 6.06. The molecule has 1 aliphatic carbocycles. The molecular weight excluding hydrogens is 226 g/mol. The Kier molecular flexibility index (Phi) is 2.68. The van der Waals surface area contributed by atoms with Gasteiger partial charge in [-0.1, -0.05) is 6.07 Å². The molecule has 1 aliphatic rings. The molecule has 1 saturated carbocycles. The lowest BCUT2D eigenvalue weighted by Crippen LogP contribution is -2.10. The molecule has 1 fully saturated rings. The molecule has 0 radical (unpaired) electrons. The summed E-state index contributed by atoms with van der Waals surface area (Å²) in [6.07, 6.45) is 2.39. The molecule has 0 bridgehead atoms. The van der Waals surface area contributed by atoms with E-state index in [9.17, 15) is 0 Å². The highest BCUT2D eigenvalue weighted by atomic mass is 15.3. The van der Waals surface area contributed by atoms with Gasteiger partial charge in [0, 0.05) is 23.4 Å². The third kappa shape index (κ3) is 2.17. The largest absolute Gasteiger partial charge is 0.308 e. The van der Waals surface area contributed by atoms with Gasteiger partial charge in [0.2, 0.25) is 0 Å². The first-order valence-electron chi connectivity index (χ1n) is 6.06. The summed E-state index contributed by atoms with van der Waals surface area (Å²) in [7, 11) is 0. The maximum Gasteiger partial charge on any atom is 0.180 e. The lowest BCUT2D eigenvalue weighted by molar-refractivity contribution is 0.982. The van der Waals surface area contributed by atoms with E-state index in [1.807, 2.05) is 31.2 Å². The molecule has 0 aromatic carbocycles. The standard InChI is InChI=1S/C13H15N5/c1-8-3-2-4-10(15-8)13-16-11(9-5-6-9)7-12(17-13)18-14/h2-4,7,9H,5-6,14H2,1H3,(H,16,17,18). The minimum Gasteiger partial charge on any atom is -0.308 e. The van der Waals surface area contributed by atoms with Crippen LogP contribution in [0.25, 0.3) is 11.5 Å². The van der Waals surface area contributed by atoms with Gasteiger partial charge >= 0.3 is 0 Å². The summed E-state index contributed by atoms with van der Waals surface area (Å²) in [4.78, 5) is 13.4. The van der Waals surface area contributed by atoms with Crippen LogP contribution in [0.3, 0.4) is 0 Å². The number of nitrogens with two attached hydrogens (primary N) is 1. The van der Waals surface area contributed by atoms with Crippen LogP contribution in [0.15, 0.2) is 24.3 Å². The van der Waals surface area contributed by atoms with Crippen LogP contribution in [0.1, 0.15) is 30.1 Å². The van der Waals surface area contributed by atoms with Gasteiger partial charge in [-0.15, -0.1) is 0 Å². The summed E-state index contributed by atoms with van der Waals surface area (Å²) in [6.45, 7) is 1.95. The molecule has 0 atom stereocenters. The number of rotatable bonds is 3. The minimum atomic E-state index is 0.559. The Hall–Kier alpha value is -2.01. The van der Waals surface area contributed by atoms with Gasteiger partial charge in [0.05, 0.1) is 0 Å². The normalized spacial score (nSPS) is 14.6. The van der Waals surface area contributed by atoms with Crippen molar-refractivity contribution in [1.29, 1.82) is 0 Å². The zero-order chi connectivity index (χ0) is 12.5. The molecule has 2 aromatic rings. The fourth-order valence-corrected chi connectivity index (χ4v) is 1.91. The number of nitrogen functional groups attached to an aromatic ring is 1. The second kappa shape index (κ2) is 4.34. The van der Waals surface area contributed by atoms with Crippen LogP contribution in [-0.4, -0.2) is 15.0 Å². The number of nitrogens with one attached hydrogen (secondary N) is 1. The van der Waals surface area contributed by atoms with Crippen molar-refractivity contribution in [2.45, 2.75) is 25.7 Å². The molecule has 5 nitrogen and oxygen atoms in total. The number of nitrogens with zero attached hydrogens (tertiary/aromatic N) is 3. The van der Waals surface area contributed by atoms with E-state index in [0.29, 0.717) is 17.6 Å². The van der Waals surface area contributed by atoms with E-state index in [0.717, 1.165) is 17.1 Å². The molecule has 3 rings (SSSR count). The fraction of sp³-hybridized carbons (Fsp3) is 0.308. The summed E-state index contributed by atoms with van der Waals surface area (Å²) in [5.41, 5.74) is 5.39. The van der Waals surface area contributed by atoms with Crippen molar-refractivity contribution in [2.24, 2.45) is 5.84 Å². The third-order valence-corrected chi connectivity index (χ3v) is 3.01. The molecule has 5 heteroatoms.